The predicted molar refractivity (Wildman–Crippen MR) is 125 cm³/mol. The van der Waals surface area contributed by atoms with E-state index in [4.69, 9.17) is 0 Å². The zero-order valence-corrected chi connectivity index (χ0v) is 20.3. The summed E-state index contributed by atoms with van der Waals surface area (Å²) in [6.45, 7) is 2.01. The Morgan fingerprint density at radius 1 is 0.727 bits per heavy atom. The van der Waals surface area contributed by atoms with Gasteiger partial charge in [-0.05, 0) is 36.0 Å². The van der Waals surface area contributed by atoms with Crippen molar-refractivity contribution in [3.8, 4) is 33.6 Å². The summed E-state index contributed by atoms with van der Waals surface area (Å²) in [6, 6.07) is 30.0. The Balaban J connectivity index is 0.000000202. The molecule has 0 aliphatic rings. The molecule has 3 heterocycles. The van der Waals surface area contributed by atoms with Crippen LogP contribution in [0.15, 0.2) is 104 Å². The topological polar surface area (TPSA) is 38.7 Å². The van der Waals surface area contributed by atoms with Crippen LogP contribution in [-0.2, 0) is 20.1 Å². The minimum atomic E-state index is -0.283. The molecule has 33 heavy (non-hydrogen) atoms. The molecule has 0 saturated heterocycles. The van der Waals surface area contributed by atoms with Gasteiger partial charge in [0.15, 0.2) is 0 Å². The van der Waals surface area contributed by atoms with Crippen LogP contribution in [0.2, 0.25) is 0 Å². The summed E-state index contributed by atoms with van der Waals surface area (Å²) in [4.78, 5) is 12.7. The number of hydrogen-bond donors (Lipinski definition) is 0. The van der Waals surface area contributed by atoms with E-state index in [1.165, 1.54) is 12.1 Å². The normalized spacial score (nSPS) is 9.88. The maximum absolute atomic E-state index is 13.2. The Hall–Kier alpha value is -3.53. The number of benzene rings is 2. The molecule has 0 N–H and O–H groups in total. The minimum Gasteiger partial charge on any atom is -0.305 e. The standard InChI is InChI=1S/C17H12FN2.C11H8N.Ir/c1-12-8-17(13-4-2-6-15(18)9-13)20-11-16(12)14-5-3-7-19-10-14;1-2-6-10(7-3-1)11-8-4-5-9-12-11;/h2-3,5-11H,1H3;1-6,8-9H;/q2*-1;. The smallest absolute Gasteiger partial charge is 0.0418 e. The molecule has 3 nitrogen and oxygen atoms in total. The first kappa shape index (κ1) is 24.1. The number of rotatable bonds is 3. The number of pyridine rings is 3. The van der Waals surface area contributed by atoms with E-state index in [2.05, 4.69) is 27.1 Å². The zero-order chi connectivity index (χ0) is 22.2. The van der Waals surface area contributed by atoms with Crippen molar-refractivity contribution in [3.63, 3.8) is 0 Å². The third-order valence-corrected chi connectivity index (χ3v) is 4.77. The average molecular weight is 610 g/mol. The summed E-state index contributed by atoms with van der Waals surface area (Å²) in [5.74, 6) is -0.283. The number of aromatic nitrogens is 3. The molecular formula is C28H20FIrN3-2. The minimum absolute atomic E-state index is 0. The van der Waals surface area contributed by atoms with Crippen LogP contribution in [0.25, 0.3) is 33.6 Å². The van der Waals surface area contributed by atoms with E-state index >= 15 is 0 Å². The largest absolute Gasteiger partial charge is 0.305 e. The summed E-state index contributed by atoms with van der Waals surface area (Å²) in [5.41, 5.74) is 6.50. The van der Waals surface area contributed by atoms with Gasteiger partial charge in [0.1, 0.15) is 0 Å². The number of nitrogens with zero attached hydrogens (tertiary/aromatic N) is 3. The summed E-state index contributed by atoms with van der Waals surface area (Å²) in [7, 11) is 0. The van der Waals surface area contributed by atoms with Gasteiger partial charge in [-0.2, -0.15) is 0 Å². The van der Waals surface area contributed by atoms with Gasteiger partial charge in [0, 0.05) is 61.8 Å². The van der Waals surface area contributed by atoms with Gasteiger partial charge in [-0.1, -0.05) is 24.3 Å². The number of halogens is 1. The van der Waals surface area contributed by atoms with Gasteiger partial charge >= 0.3 is 0 Å². The van der Waals surface area contributed by atoms with Gasteiger partial charge in [0.2, 0.25) is 0 Å². The molecular weight excluding hydrogens is 590 g/mol. The van der Waals surface area contributed by atoms with E-state index in [1.54, 1.807) is 30.9 Å². The molecule has 0 aliphatic heterocycles. The third-order valence-electron chi connectivity index (χ3n) is 4.77. The second-order valence-corrected chi connectivity index (χ2v) is 7.04. The van der Waals surface area contributed by atoms with Crippen molar-refractivity contribution in [2.75, 3.05) is 0 Å². The second-order valence-electron chi connectivity index (χ2n) is 7.04. The van der Waals surface area contributed by atoms with Crippen molar-refractivity contribution < 1.29 is 24.5 Å². The zero-order valence-electron chi connectivity index (χ0n) is 17.9. The van der Waals surface area contributed by atoms with Crippen molar-refractivity contribution in [2.45, 2.75) is 6.92 Å². The summed E-state index contributed by atoms with van der Waals surface area (Å²) in [5, 5.41) is 0. The third kappa shape index (κ3) is 6.48. The van der Waals surface area contributed by atoms with Crippen LogP contribution in [0.5, 0.6) is 0 Å². The van der Waals surface area contributed by atoms with Crippen LogP contribution < -0.4 is 0 Å². The maximum atomic E-state index is 13.2. The van der Waals surface area contributed by atoms with Crippen LogP contribution in [-0.4, -0.2) is 15.0 Å². The first-order valence-electron chi connectivity index (χ1n) is 10.1. The van der Waals surface area contributed by atoms with E-state index in [9.17, 15) is 4.39 Å². The molecule has 165 valence electrons. The van der Waals surface area contributed by atoms with Crippen LogP contribution in [0.3, 0.4) is 0 Å². The Bertz CT molecular complexity index is 1240. The molecule has 3 aromatic heterocycles. The molecule has 0 unspecified atom stereocenters. The van der Waals surface area contributed by atoms with Crippen molar-refractivity contribution >= 4 is 0 Å². The Morgan fingerprint density at radius 3 is 2.24 bits per heavy atom. The SMILES string of the molecule is Cc1cc(-c2[c-]ccc(F)c2)ncc1-c1cccnc1.[Ir].[c-]1ccccc1-c1ccccn1. The van der Waals surface area contributed by atoms with Crippen molar-refractivity contribution in [3.05, 3.63) is 127 Å². The van der Waals surface area contributed by atoms with Gasteiger partial charge in [0.25, 0.3) is 0 Å². The first-order valence-corrected chi connectivity index (χ1v) is 10.1. The maximum Gasteiger partial charge on any atom is 0.0418 e. The number of aryl methyl sites for hydroxylation is 1. The molecule has 0 amide bonds. The van der Waals surface area contributed by atoms with Gasteiger partial charge < -0.3 is 9.97 Å². The van der Waals surface area contributed by atoms with Crippen LogP contribution in [0, 0.1) is 24.9 Å². The Labute approximate surface area is 206 Å². The predicted octanol–water partition coefficient (Wildman–Crippen LogP) is 6.60. The summed E-state index contributed by atoms with van der Waals surface area (Å²) >= 11 is 0. The molecule has 5 rings (SSSR count). The monoisotopic (exact) mass is 610 g/mol. The van der Waals surface area contributed by atoms with Crippen molar-refractivity contribution in [2.24, 2.45) is 0 Å². The van der Waals surface area contributed by atoms with E-state index in [0.717, 1.165) is 33.6 Å². The molecule has 0 fully saturated rings. The van der Waals surface area contributed by atoms with Crippen molar-refractivity contribution in [1.29, 1.82) is 0 Å². The quantitative estimate of drug-likeness (QED) is 0.216. The van der Waals surface area contributed by atoms with Crippen LogP contribution in [0.4, 0.5) is 4.39 Å². The fourth-order valence-electron chi connectivity index (χ4n) is 3.19. The van der Waals surface area contributed by atoms with Crippen LogP contribution in [0.1, 0.15) is 5.56 Å². The Kier molecular flexibility index (Phi) is 8.70. The van der Waals surface area contributed by atoms with E-state index in [0.29, 0.717) is 5.56 Å². The van der Waals surface area contributed by atoms with Gasteiger partial charge in [-0.3, -0.25) is 4.98 Å². The average Bonchev–Trinajstić information content (AvgIpc) is 2.86. The van der Waals surface area contributed by atoms with Gasteiger partial charge in [0.05, 0.1) is 0 Å². The van der Waals surface area contributed by atoms with E-state index in [1.807, 2.05) is 67.6 Å². The van der Waals surface area contributed by atoms with E-state index < -0.39 is 0 Å². The second kappa shape index (κ2) is 11.9. The van der Waals surface area contributed by atoms with Crippen LogP contribution >= 0.6 is 0 Å². The fourth-order valence-corrected chi connectivity index (χ4v) is 3.19. The van der Waals surface area contributed by atoms with Gasteiger partial charge in [-0.15, -0.1) is 65.7 Å². The first-order chi connectivity index (χ1) is 15.7. The molecule has 5 heteroatoms. The number of hydrogen-bond acceptors (Lipinski definition) is 3. The Morgan fingerprint density at radius 2 is 1.58 bits per heavy atom. The van der Waals surface area contributed by atoms with E-state index in [-0.39, 0.29) is 25.9 Å². The molecule has 0 bridgehead atoms. The summed E-state index contributed by atoms with van der Waals surface area (Å²) in [6.07, 6.45) is 7.12. The fraction of sp³-hybridized carbons (Fsp3) is 0.0357. The van der Waals surface area contributed by atoms with Crippen molar-refractivity contribution in [1.82, 2.24) is 15.0 Å². The van der Waals surface area contributed by atoms with Gasteiger partial charge in [-0.25, -0.2) is 4.39 Å². The molecule has 0 atom stereocenters. The molecule has 5 aromatic rings. The molecule has 0 saturated carbocycles. The molecule has 0 spiro atoms. The summed E-state index contributed by atoms with van der Waals surface area (Å²) < 4.78 is 13.2. The molecule has 2 aromatic carbocycles. The molecule has 0 aliphatic carbocycles. The molecule has 1 radical (unpaired) electrons.